The summed E-state index contributed by atoms with van der Waals surface area (Å²) in [5.41, 5.74) is 22.8. The van der Waals surface area contributed by atoms with Crippen LogP contribution in [0.1, 0.15) is 49.9 Å². The van der Waals surface area contributed by atoms with Crippen molar-refractivity contribution in [2.45, 2.75) is 57.8 Å². The molecule has 5 amide bonds. The highest BCUT2D eigenvalue weighted by Crippen LogP contribution is 2.40. The number of carbonyl (C=O) groups is 5. The topological polar surface area (TPSA) is 282 Å². The third-order valence-electron chi connectivity index (χ3n) is 11.2. The minimum Gasteiger partial charge on any atom is -0.492 e. The smallest absolute Gasteiger partial charge is 0.249 e. The average Bonchev–Trinajstić information content (AvgIpc) is 3.35. The van der Waals surface area contributed by atoms with Gasteiger partial charge >= 0.3 is 0 Å². The number of hydrogen-bond donors (Lipinski definition) is 7. The van der Waals surface area contributed by atoms with Crippen LogP contribution < -0.4 is 47.9 Å². The molecular formula is C50H59N11O7. The number of hydrogen-bond acceptors (Lipinski definition) is 12. The summed E-state index contributed by atoms with van der Waals surface area (Å²) in [6.07, 6.45) is -0.0116. The van der Waals surface area contributed by atoms with E-state index in [2.05, 4.69) is 38.0 Å². The van der Waals surface area contributed by atoms with E-state index in [0.29, 0.717) is 45.0 Å². The SMILES string of the molecule is C=N/C(=N\C(C)=C(/C)C(=O)N[C@@H](CCN)C(=O)N(C)[C@@H]1C(=O)N[C@@H](C)C(=O)N[C@H](C(=O)NCC#N)Cc2ccc(OCCN)c(c2)-c2cc1ccc2OCCN)c1ccc(-c2ccccc2)cc1. The summed E-state index contributed by atoms with van der Waals surface area (Å²) in [5.74, 6) is -2.34. The fourth-order valence-electron chi connectivity index (χ4n) is 7.44. The molecule has 0 fully saturated rings. The van der Waals surface area contributed by atoms with Gasteiger partial charge in [-0.3, -0.25) is 24.0 Å². The fourth-order valence-corrected chi connectivity index (χ4v) is 7.44. The third-order valence-corrected chi connectivity index (χ3v) is 11.2. The Labute approximate surface area is 396 Å². The molecule has 1 aliphatic rings. The number of nitrogens with zero attached hydrogens (tertiary/aromatic N) is 4. The minimum absolute atomic E-state index is 0.00351. The molecule has 0 aromatic heterocycles. The Morgan fingerprint density at radius 2 is 1.50 bits per heavy atom. The molecule has 18 heteroatoms. The van der Waals surface area contributed by atoms with E-state index in [4.69, 9.17) is 26.7 Å². The maximum absolute atomic E-state index is 14.7. The highest BCUT2D eigenvalue weighted by Gasteiger charge is 2.36. The number of carbonyl (C=O) groups excluding carboxylic acids is 5. The Hall–Kier alpha value is -7.72. The van der Waals surface area contributed by atoms with Crippen molar-refractivity contribution >= 4 is 42.1 Å². The molecule has 0 radical (unpaired) electrons. The van der Waals surface area contributed by atoms with Crippen molar-refractivity contribution < 1.29 is 33.4 Å². The second kappa shape index (κ2) is 24.7. The minimum atomic E-state index is -1.41. The Morgan fingerprint density at radius 1 is 0.868 bits per heavy atom. The molecule has 0 spiro atoms. The quantitative estimate of drug-likeness (QED) is 0.0350. The number of amidine groups is 1. The van der Waals surface area contributed by atoms with Gasteiger partial charge in [0.15, 0.2) is 5.84 Å². The summed E-state index contributed by atoms with van der Waals surface area (Å²) >= 11 is 0. The zero-order chi connectivity index (χ0) is 49.3. The standard InChI is InChI=1S/C50H59N11O7/c1-30(31(2)57-45(55-4)36-14-12-35(13-15-36)34-9-7-6-8-10-34)46(62)59-40(19-20-51)50(66)61(5)44-37-16-18-43(68-26-23-54)39(29-37)38-27-33(11-17-42(38)67-25-22-53)28-41(48(64)56-24-21-52)60-47(63)32(3)58-49(44)65/h6-18,27,29,32,40-41,44H,4,19-20,22-26,28,51,53-54H2,1-3,5H3,(H,56,64)(H,58,65)(H,59,62)(H,60,63)/b31-30+,57-45-/t32-,40-,41-,44-/m0/s1. The second-order valence-electron chi connectivity index (χ2n) is 15.9. The van der Waals surface area contributed by atoms with Gasteiger partial charge in [-0.15, -0.1) is 0 Å². The number of rotatable bonds is 17. The van der Waals surface area contributed by atoms with Crippen LogP contribution in [0.25, 0.3) is 22.3 Å². The van der Waals surface area contributed by atoms with Crippen LogP contribution >= 0.6 is 0 Å². The van der Waals surface area contributed by atoms with Crippen molar-refractivity contribution in [3.05, 3.63) is 119 Å². The molecule has 10 N–H and O–H groups in total. The number of nitriles is 1. The van der Waals surface area contributed by atoms with Gasteiger partial charge in [0.05, 0.1) is 6.07 Å². The van der Waals surface area contributed by atoms with Crippen molar-refractivity contribution in [2.75, 3.05) is 46.4 Å². The molecule has 356 valence electrons. The molecule has 1 heterocycles. The van der Waals surface area contributed by atoms with Gasteiger partial charge < -0.3 is 52.8 Å². The van der Waals surface area contributed by atoms with Gasteiger partial charge in [0.2, 0.25) is 29.5 Å². The number of allylic oxidation sites excluding steroid dienone is 1. The zero-order valence-corrected chi connectivity index (χ0v) is 38.7. The highest BCUT2D eigenvalue weighted by molar-refractivity contribution is 6.03. The number of benzene rings is 4. The molecular weight excluding hydrogens is 867 g/mol. The van der Waals surface area contributed by atoms with Crippen LogP contribution in [0.2, 0.25) is 0 Å². The Kier molecular flexibility index (Phi) is 18.6. The van der Waals surface area contributed by atoms with E-state index in [1.807, 2.05) is 60.7 Å². The van der Waals surface area contributed by atoms with Crippen molar-refractivity contribution in [1.29, 1.82) is 5.26 Å². The van der Waals surface area contributed by atoms with E-state index < -0.39 is 53.7 Å². The normalized spacial score (nSPS) is 16.9. The first-order valence-electron chi connectivity index (χ1n) is 22.1. The lowest BCUT2D eigenvalue weighted by atomic mass is 9.93. The zero-order valence-electron chi connectivity index (χ0n) is 38.7. The molecule has 68 heavy (non-hydrogen) atoms. The van der Waals surface area contributed by atoms with Gasteiger partial charge in [-0.1, -0.05) is 66.7 Å². The Morgan fingerprint density at radius 3 is 2.12 bits per heavy atom. The Balaban J connectivity index is 1.54. The molecule has 0 unspecified atom stereocenters. The third kappa shape index (κ3) is 13.0. The van der Waals surface area contributed by atoms with Gasteiger partial charge in [-0.05, 0) is 87.0 Å². The van der Waals surface area contributed by atoms with Gasteiger partial charge in [0.25, 0.3) is 0 Å². The van der Waals surface area contributed by atoms with Crippen LogP contribution in [0.4, 0.5) is 0 Å². The van der Waals surface area contributed by atoms with Gasteiger partial charge in [-0.25, -0.2) is 9.98 Å². The summed E-state index contributed by atoms with van der Waals surface area (Å²) in [4.78, 5) is 80.2. The van der Waals surface area contributed by atoms with Crippen molar-refractivity contribution in [3.8, 4) is 39.8 Å². The van der Waals surface area contributed by atoms with E-state index in [1.165, 1.54) is 18.9 Å². The summed E-state index contributed by atoms with van der Waals surface area (Å²) in [7, 11) is 1.41. The van der Waals surface area contributed by atoms with E-state index in [1.54, 1.807) is 50.2 Å². The summed E-state index contributed by atoms with van der Waals surface area (Å²) in [5, 5.41) is 19.9. The first kappa shape index (κ1) is 51.3. The summed E-state index contributed by atoms with van der Waals surface area (Å²) in [6.45, 7) is 8.66. The molecule has 0 aliphatic carbocycles. The molecule has 4 atom stereocenters. The predicted molar refractivity (Wildman–Crippen MR) is 260 cm³/mol. The average molecular weight is 926 g/mol. The van der Waals surface area contributed by atoms with Crippen molar-refractivity contribution in [3.63, 3.8) is 0 Å². The predicted octanol–water partition coefficient (Wildman–Crippen LogP) is 2.66. The van der Waals surface area contributed by atoms with Crippen LogP contribution in [-0.4, -0.2) is 112 Å². The number of likely N-dealkylation sites (N-methyl/N-ethyl adjacent to an activating group) is 1. The number of ether oxygens (including phenoxy) is 2. The molecule has 1 aliphatic heterocycles. The molecule has 0 saturated heterocycles. The summed E-state index contributed by atoms with van der Waals surface area (Å²) in [6, 6.07) is 24.4. The lowest BCUT2D eigenvalue weighted by molar-refractivity contribution is -0.142. The van der Waals surface area contributed by atoms with E-state index in [-0.39, 0.29) is 63.6 Å². The van der Waals surface area contributed by atoms with Crippen LogP contribution in [-0.2, 0) is 30.4 Å². The number of fused-ring (bicyclic) bond motifs is 5. The van der Waals surface area contributed by atoms with E-state index in [9.17, 15) is 29.2 Å². The van der Waals surface area contributed by atoms with Crippen LogP contribution in [0.3, 0.4) is 0 Å². The lowest BCUT2D eigenvalue weighted by Gasteiger charge is -2.32. The molecule has 5 rings (SSSR count). The second-order valence-corrected chi connectivity index (χ2v) is 15.9. The maximum Gasteiger partial charge on any atom is 0.249 e. The molecule has 0 saturated carbocycles. The largest absolute Gasteiger partial charge is 0.492 e. The molecule has 18 nitrogen and oxygen atoms in total. The fraction of sp³-hybridized carbons (Fsp3) is 0.320. The highest BCUT2D eigenvalue weighted by atomic mass is 16.5. The van der Waals surface area contributed by atoms with Gasteiger partial charge in [-0.2, -0.15) is 5.26 Å². The molecule has 4 bridgehead atoms. The van der Waals surface area contributed by atoms with Crippen LogP contribution in [0.5, 0.6) is 11.5 Å². The summed E-state index contributed by atoms with van der Waals surface area (Å²) < 4.78 is 12.2. The first-order valence-corrected chi connectivity index (χ1v) is 22.1. The molecule has 4 aromatic carbocycles. The number of aliphatic imine (C=N–C) groups is 2. The van der Waals surface area contributed by atoms with Gasteiger partial charge in [0, 0.05) is 54.5 Å². The Bertz CT molecular complexity index is 2570. The number of nitrogens with two attached hydrogens (primary N) is 3. The van der Waals surface area contributed by atoms with Crippen molar-refractivity contribution in [2.24, 2.45) is 27.2 Å². The van der Waals surface area contributed by atoms with E-state index in [0.717, 1.165) is 11.1 Å². The number of nitrogens with one attached hydrogen (secondary N) is 4. The number of amides is 5. The lowest BCUT2D eigenvalue weighted by Crippen LogP contribution is -2.56. The molecule has 4 aromatic rings. The van der Waals surface area contributed by atoms with E-state index >= 15 is 0 Å². The monoisotopic (exact) mass is 925 g/mol. The van der Waals surface area contributed by atoms with Crippen LogP contribution in [0, 0.1) is 11.3 Å². The first-order chi connectivity index (χ1) is 32.7. The van der Waals surface area contributed by atoms with Crippen LogP contribution in [0.15, 0.2) is 112 Å². The van der Waals surface area contributed by atoms with Crippen molar-refractivity contribution in [1.82, 2.24) is 26.2 Å². The maximum atomic E-state index is 14.7. The van der Waals surface area contributed by atoms with Gasteiger partial charge in [0.1, 0.15) is 55.4 Å².